The van der Waals surface area contributed by atoms with E-state index in [1.165, 1.54) is 6.92 Å². The smallest absolute Gasteiger partial charge is 0.348 e. The van der Waals surface area contributed by atoms with Crippen molar-refractivity contribution >= 4 is 34.8 Å². The van der Waals surface area contributed by atoms with E-state index >= 15 is 0 Å². The van der Waals surface area contributed by atoms with Gasteiger partial charge in [-0.05, 0) is 64.9 Å². The van der Waals surface area contributed by atoms with Crippen LogP contribution < -0.4 is 4.90 Å². The Morgan fingerprint density at radius 2 is 1.81 bits per heavy atom. The first-order chi connectivity index (χ1) is 15.0. The maximum atomic E-state index is 13.8. The van der Waals surface area contributed by atoms with Gasteiger partial charge in [-0.1, -0.05) is 18.8 Å². The fraction of sp³-hybridized carbons (Fsp3) is 0.640. The molecule has 1 saturated heterocycles. The lowest BCUT2D eigenvalue weighted by molar-refractivity contribution is -0.128. The summed E-state index contributed by atoms with van der Waals surface area (Å²) in [5.41, 5.74) is 0.217. The van der Waals surface area contributed by atoms with Gasteiger partial charge in [0.05, 0.1) is 16.6 Å². The summed E-state index contributed by atoms with van der Waals surface area (Å²) in [7, 11) is 0. The minimum absolute atomic E-state index is 0.0112. The second-order valence-electron chi connectivity index (χ2n) is 10.2. The van der Waals surface area contributed by atoms with Crippen molar-refractivity contribution in [1.82, 2.24) is 4.90 Å². The molecule has 1 aliphatic carbocycles. The van der Waals surface area contributed by atoms with Crippen LogP contribution in [0.4, 0.5) is 5.69 Å². The molecule has 1 aromatic rings. The van der Waals surface area contributed by atoms with E-state index in [0.29, 0.717) is 36.0 Å². The lowest BCUT2D eigenvalue weighted by atomic mass is 9.82. The predicted molar refractivity (Wildman–Crippen MR) is 127 cm³/mol. The summed E-state index contributed by atoms with van der Waals surface area (Å²) in [6, 6.07) is 1.54. The summed E-state index contributed by atoms with van der Waals surface area (Å²) in [4.78, 5) is 42.0. The lowest BCUT2D eigenvalue weighted by Crippen LogP contribution is -2.46. The highest BCUT2D eigenvalue weighted by Gasteiger charge is 2.39. The quantitative estimate of drug-likeness (QED) is 0.668. The minimum atomic E-state index is -1.05. The zero-order chi connectivity index (χ0) is 23.6. The molecule has 2 aliphatic rings. The van der Waals surface area contributed by atoms with Crippen molar-refractivity contribution in [3.63, 3.8) is 0 Å². The summed E-state index contributed by atoms with van der Waals surface area (Å²) >= 11 is 1.12. The average molecular weight is 459 g/mol. The summed E-state index contributed by atoms with van der Waals surface area (Å²) in [5, 5.41) is 9.93. The number of amides is 2. The molecular formula is C25H34N2O4S. The number of carboxylic acids is 1. The molecule has 3 rings (SSSR count). The topological polar surface area (TPSA) is 77.9 Å². The van der Waals surface area contributed by atoms with E-state index in [2.05, 4.69) is 18.8 Å². The molecule has 1 atom stereocenters. The fourth-order valence-electron chi connectivity index (χ4n) is 4.46. The zero-order valence-electron chi connectivity index (χ0n) is 19.7. The van der Waals surface area contributed by atoms with Gasteiger partial charge in [0.25, 0.3) is 0 Å². The molecule has 174 valence electrons. The van der Waals surface area contributed by atoms with E-state index in [1.807, 2.05) is 20.8 Å². The van der Waals surface area contributed by atoms with Gasteiger partial charge in [-0.15, -0.1) is 11.3 Å². The van der Waals surface area contributed by atoms with Gasteiger partial charge < -0.3 is 14.9 Å². The van der Waals surface area contributed by atoms with Crippen molar-refractivity contribution in [3.8, 4) is 11.8 Å². The molecule has 7 heteroatoms. The second-order valence-corrected chi connectivity index (χ2v) is 11.3. The molecule has 32 heavy (non-hydrogen) atoms. The molecule has 0 aromatic carbocycles. The van der Waals surface area contributed by atoms with Crippen LogP contribution in [-0.2, 0) is 9.59 Å². The SMILES string of the molecule is CC(=O)N1CC[C@H](N(c2cc(C#CC(C)(C)C)sc2C(=O)O)C(=O)[C@H]2CC[C@H](C)CC2)C1. The Bertz CT molecular complexity index is 941. The van der Waals surface area contributed by atoms with Crippen molar-refractivity contribution in [3.05, 3.63) is 15.8 Å². The largest absolute Gasteiger partial charge is 0.477 e. The number of likely N-dealkylation sites (tertiary alicyclic amines) is 1. The molecule has 1 saturated carbocycles. The Labute approximate surface area is 195 Å². The van der Waals surface area contributed by atoms with Crippen molar-refractivity contribution < 1.29 is 19.5 Å². The third-order valence-electron chi connectivity index (χ3n) is 6.30. The molecule has 0 bridgehead atoms. The second kappa shape index (κ2) is 9.66. The monoisotopic (exact) mass is 458 g/mol. The first-order valence-corrected chi connectivity index (χ1v) is 12.3. The highest BCUT2D eigenvalue weighted by atomic mass is 32.1. The van der Waals surface area contributed by atoms with Gasteiger partial charge in [-0.25, -0.2) is 4.79 Å². The lowest BCUT2D eigenvalue weighted by Gasteiger charge is -2.34. The van der Waals surface area contributed by atoms with Crippen molar-refractivity contribution in [2.75, 3.05) is 18.0 Å². The standard InChI is InChI=1S/C25H34N2O4S/c1-16-6-8-18(9-7-16)23(29)27(19-11-13-26(15-19)17(2)28)21-14-20(10-12-25(3,4)5)32-22(21)24(30)31/h14,16,18-19H,6-9,11,13,15H2,1-5H3,(H,30,31)/t16-,18-,19-/m0/s1. The maximum Gasteiger partial charge on any atom is 0.348 e. The van der Waals surface area contributed by atoms with Gasteiger partial charge in [0, 0.05) is 31.3 Å². The summed E-state index contributed by atoms with van der Waals surface area (Å²) in [6.07, 6.45) is 4.30. The number of hydrogen-bond donors (Lipinski definition) is 1. The van der Waals surface area contributed by atoms with Gasteiger partial charge in [-0.3, -0.25) is 9.59 Å². The van der Waals surface area contributed by atoms with Crippen LogP contribution in [0, 0.1) is 29.1 Å². The Morgan fingerprint density at radius 1 is 1.16 bits per heavy atom. The van der Waals surface area contributed by atoms with Crippen LogP contribution in [0.2, 0.25) is 0 Å². The molecule has 2 fully saturated rings. The first kappa shape index (κ1) is 24.3. The first-order valence-electron chi connectivity index (χ1n) is 11.4. The third kappa shape index (κ3) is 5.72. The molecule has 2 heterocycles. The Morgan fingerprint density at radius 3 is 2.34 bits per heavy atom. The molecule has 0 spiro atoms. The number of rotatable bonds is 4. The highest BCUT2D eigenvalue weighted by Crippen LogP contribution is 2.37. The van der Waals surface area contributed by atoms with E-state index in [-0.39, 0.29) is 34.1 Å². The van der Waals surface area contributed by atoms with Crippen LogP contribution in [0.5, 0.6) is 0 Å². The third-order valence-corrected chi connectivity index (χ3v) is 7.33. The van der Waals surface area contributed by atoms with Crippen molar-refractivity contribution in [2.45, 2.75) is 72.8 Å². The van der Waals surface area contributed by atoms with E-state index < -0.39 is 5.97 Å². The minimum Gasteiger partial charge on any atom is -0.477 e. The van der Waals surface area contributed by atoms with Crippen LogP contribution in [0.25, 0.3) is 0 Å². The van der Waals surface area contributed by atoms with Gasteiger partial charge in [0.2, 0.25) is 11.8 Å². The zero-order valence-corrected chi connectivity index (χ0v) is 20.6. The number of hydrogen-bond acceptors (Lipinski definition) is 4. The highest BCUT2D eigenvalue weighted by molar-refractivity contribution is 7.15. The molecular weight excluding hydrogens is 424 g/mol. The Kier molecular flexibility index (Phi) is 7.34. The van der Waals surface area contributed by atoms with Crippen molar-refractivity contribution in [2.24, 2.45) is 17.3 Å². The summed E-state index contributed by atoms with van der Waals surface area (Å²) in [5.74, 6) is 5.68. The molecule has 1 aromatic heterocycles. The van der Waals surface area contributed by atoms with Crippen molar-refractivity contribution in [1.29, 1.82) is 0 Å². The molecule has 0 radical (unpaired) electrons. The Hall–Kier alpha value is -2.33. The van der Waals surface area contributed by atoms with Crippen LogP contribution >= 0.6 is 11.3 Å². The van der Waals surface area contributed by atoms with Crippen LogP contribution in [0.15, 0.2) is 6.07 Å². The predicted octanol–water partition coefficient (Wildman–Crippen LogP) is 4.62. The molecule has 1 N–H and O–H groups in total. The maximum absolute atomic E-state index is 13.8. The fourth-order valence-corrected chi connectivity index (χ4v) is 5.30. The van der Waals surface area contributed by atoms with Crippen LogP contribution in [-0.4, -0.2) is 46.9 Å². The van der Waals surface area contributed by atoms with Gasteiger partial charge >= 0.3 is 5.97 Å². The summed E-state index contributed by atoms with van der Waals surface area (Å²) in [6.45, 7) is 10.8. The van der Waals surface area contributed by atoms with Gasteiger partial charge in [0.1, 0.15) is 4.88 Å². The number of anilines is 1. The molecule has 0 unspecified atom stereocenters. The van der Waals surface area contributed by atoms with Crippen LogP contribution in [0.1, 0.15) is 81.3 Å². The van der Waals surface area contributed by atoms with Gasteiger partial charge in [-0.2, -0.15) is 0 Å². The molecule has 1 aliphatic heterocycles. The number of carboxylic acid groups (broad SMARTS) is 1. The number of aromatic carboxylic acids is 1. The van der Waals surface area contributed by atoms with E-state index in [4.69, 9.17) is 0 Å². The van der Waals surface area contributed by atoms with E-state index in [9.17, 15) is 19.5 Å². The van der Waals surface area contributed by atoms with Crippen LogP contribution in [0.3, 0.4) is 0 Å². The Balaban J connectivity index is 2.01. The molecule has 6 nitrogen and oxygen atoms in total. The number of carbonyl (C=O) groups excluding carboxylic acids is 2. The number of carbonyl (C=O) groups is 3. The average Bonchev–Trinajstić information content (AvgIpc) is 3.35. The van der Waals surface area contributed by atoms with E-state index in [1.54, 1.807) is 15.9 Å². The van der Waals surface area contributed by atoms with E-state index in [0.717, 1.165) is 37.0 Å². The molecule has 2 amide bonds. The summed E-state index contributed by atoms with van der Waals surface area (Å²) < 4.78 is 0. The number of thiophene rings is 1. The normalized spacial score (nSPS) is 23.4. The van der Waals surface area contributed by atoms with Gasteiger partial charge in [0.15, 0.2) is 0 Å². The number of nitrogens with zero attached hydrogens (tertiary/aromatic N) is 2.